The average Bonchev–Trinajstić information content (AvgIpc) is 3.26. The van der Waals surface area contributed by atoms with Crippen molar-refractivity contribution < 1.29 is 4.74 Å². The van der Waals surface area contributed by atoms with Gasteiger partial charge in [-0.1, -0.05) is 49.3 Å². The second-order valence-corrected chi connectivity index (χ2v) is 8.20. The second kappa shape index (κ2) is 8.69. The van der Waals surface area contributed by atoms with E-state index in [1.54, 1.807) is 0 Å². The van der Waals surface area contributed by atoms with Crippen molar-refractivity contribution in [1.29, 1.82) is 0 Å². The van der Waals surface area contributed by atoms with Gasteiger partial charge in [-0.05, 0) is 55.9 Å². The number of aromatic nitrogens is 3. The number of unbranched alkanes of at least 4 members (excludes halogenated alkanes) is 2. The van der Waals surface area contributed by atoms with Crippen molar-refractivity contribution in [3.05, 3.63) is 51.3 Å². The molecule has 0 spiro atoms. The molecular weight excluding hydrogens is 370 g/mol. The summed E-state index contributed by atoms with van der Waals surface area (Å²) >= 11 is 1.42. The largest absolute Gasteiger partial charge is 0.494 e. The van der Waals surface area contributed by atoms with Crippen LogP contribution >= 0.6 is 11.3 Å². The zero-order valence-corrected chi connectivity index (χ0v) is 17.0. The number of thiazole rings is 1. The van der Waals surface area contributed by atoms with Gasteiger partial charge in [0.05, 0.1) is 11.1 Å². The topological polar surface area (TPSA) is 56.5 Å². The fraction of sp³-hybridized carbons (Fsp3) is 0.409. The quantitative estimate of drug-likeness (QED) is 0.443. The first-order valence-electron chi connectivity index (χ1n) is 10.0. The van der Waals surface area contributed by atoms with Gasteiger partial charge in [-0.2, -0.15) is 9.50 Å². The zero-order valence-electron chi connectivity index (χ0n) is 16.1. The number of hydrogen-bond donors (Lipinski definition) is 0. The Morgan fingerprint density at radius 2 is 2.11 bits per heavy atom. The molecule has 1 aliphatic rings. The van der Waals surface area contributed by atoms with E-state index in [2.05, 4.69) is 35.2 Å². The molecule has 1 aliphatic carbocycles. The lowest BCUT2D eigenvalue weighted by atomic mass is 9.94. The molecule has 28 heavy (non-hydrogen) atoms. The Hall–Kier alpha value is -2.47. The van der Waals surface area contributed by atoms with Crippen LogP contribution in [0.3, 0.4) is 0 Å². The molecule has 2 heterocycles. The zero-order chi connectivity index (χ0) is 19.3. The molecule has 1 atom stereocenters. The molecule has 2 aromatic heterocycles. The van der Waals surface area contributed by atoms with Crippen molar-refractivity contribution in [3.63, 3.8) is 0 Å². The molecule has 0 radical (unpaired) electrons. The first-order chi connectivity index (χ1) is 13.7. The van der Waals surface area contributed by atoms with Crippen LogP contribution in [0.4, 0.5) is 0 Å². The highest BCUT2D eigenvalue weighted by molar-refractivity contribution is 7.15. The first kappa shape index (κ1) is 18.9. The van der Waals surface area contributed by atoms with E-state index in [1.807, 2.05) is 24.3 Å². The molecule has 1 aromatic carbocycles. The third kappa shape index (κ3) is 4.17. The monoisotopic (exact) mass is 395 g/mol. The van der Waals surface area contributed by atoms with E-state index in [4.69, 9.17) is 4.74 Å². The highest BCUT2D eigenvalue weighted by Crippen LogP contribution is 2.22. The molecule has 6 heteroatoms. The van der Waals surface area contributed by atoms with Gasteiger partial charge >= 0.3 is 0 Å². The molecule has 0 saturated carbocycles. The summed E-state index contributed by atoms with van der Waals surface area (Å²) in [5.41, 5.74) is 0.823. The van der Waals surface area contributed by atoms with Gasteiger partial charge in [0.2, 0.25) is 4.96 Å². The maximum atomic E-state index is 12.7. The minimum absolute atomic E-state index is 0.0656. The second-order valence-electron chi connectivity index (χ2n) is 7.19. The first-order valence-corrected chi connectivity index (χ1v) is 10.9. The molecule has 1 unspecified atom stereocenters. The van der Waals surface area contributed by atoms with Gasteiger partial charge in [-0.15, -0.1) is 5.10 Å². The van der Waals surface area contributed by atoms with Crippen LogP contribution < -0.4 is 14.8 Å². The molecule has 0 amide bonds. The molecule has 0 saturated heterocycles. The minimum Gasteiger partial charge on any atom is -0.494 e. The van der Waals surface area contributed by atoms with Gasteiger partial charge in [0, 0.05) is 5.56 Å². The standard InChI is InChI=1S/C22H25N3O2S/c1-2-3-7-14-27-18-12-10-17(11-13-18)20-23-22-25(24-20)21(26)19(28-22)15-16-8-5-4-6-9-16/h4-5,10-13,15-16H,2-3,6-9,14H2,1H3. The Morgan fingerprint density at radius 3 is 2.82 bits per heavy atom. The molecule has 4 rings (SSSR count). The molecule has 0 N–H and O–H groups in total. The molecule has 0 bridgehead atoms. The fourth-order valence-corrected chi connectivity index (χ4v) is 4.37. The van der Waals surface area contributed by atoms with Gasteiger partial charge in [-0.3, -0.25) is 4.79 Å². The number of nitrogens with zero attached hydrogens (tertiary/aromatic N) is 3. The van der Waals surface area contributed by atoms with Crippen molar-refractivity contribution in [1.82, 2.24) is 14.6 Å². The Morgan fingerprint density at radius 1 is 1.25 bits per heavy atom. The lowest BCUT2D eigenvalue weighted by Crippen LogP contribution is -2.25. The van der Waals surface area contributed by atoms with E-state index < -0.39 is 0 Å². The molecular formula is C22H25N3O2S. The van der Waals surface area contributed by atoms with Gasteiger partial charge in [-0.25, -0.2) is 0 Å². The summed E-state index contributed by atoms with van der Waals surface area (Å²) in [7, 11) is 0. The number of benzene rings is 1. The van der Waals surface area contributed by atoms with E-state index in [1.165, 1.54) is 28.7 Å². The lowest BCUT2D eigenvalue weighted by molar-refractivity contribution is 0.306. The molecule has 0 aliphatic heterocycles. The van der Waals surface area contributed by atoms with E-state index in [9.17, 15) is 4.79 Å². The molecule has 0 fully saturated rings. The number of allylic oxidation sites excluding steroid dienone is 2. The number of hydrogen-bond acceptors (Lipinski definition) is 5. The number of fused-ring (bicyclic) bond motifs is 1. The summed E-state index contributed by atoms with van der Waals surface area (Å²) in [4.78, 5) is 17.9. The summed E-state index contributed by atoms with van der Waals surface area (Å²) in [5, 5.41) is 4.44. The maximum absolute atomic E-state index is 12.7. The summed E-state index contributed by atoms with van der Waals surface area (Å²) < 4.78 is 7.93. The lowest BCUT2D eigenvalue weighted by Gasteiger charge is -2.11. The van der Waals surface area contributed by atoms with Crippen LogP contribution in [0.2, 0.25) is 0 Å². The van der Waals surface area contributed by atoms with Gasteiger partial charge in [0.25, 0.3) is 5.56 Å². The van der Waals surface area contributed by atoms with Crippen molar-refractivity contribution in [2.45, 2.75) is 45.4 Å². The average molecular weight is 396 g/mol. The normalized spacial score (nSPS) is 17.5. The van der Waals surface area contributed by atoms with Crippen molar-refractivity contribution in [3.8, 4) is 17.1 Å². The van der Waals surface area contributed by atoms with Gasteiger partial charge in [0.1, 0.15) is 5.75 Å². The Kier molecular flexibility index (Phi) is 5.86. The van der Waals surface area contributed by atoms with E-state index >= 15 is 0 Å². The summed E-state index contributed by atoms with van der Waals surface area (Å²) in [6.45, 7) is 2.92. The highest BCUT2D eigenvalue weighted by atomic mass is 32.1. The number of ether oxygens (including phenoxy) is 1. The van der Waals surface area contributed by atoms with Gasteiger partial charge in [0.15, 0.2) is 5.82 Å². The maximum Gasteiger partial charge on any atom is 0.290 e. The van der Waals surface area contributed by atoms with Crippen molar-refractivity contribution in [2.24, 2.45) is 5.92 Å². The molecule has 5 nitrogen and oxygen atoms in total. The molecule has 146 valence electrons. The predicted octanol–water partition coefficient (Wildman–Crippen LogP) is 4.24. The highest BCUT2D eigenvalue weighted by Gasteiger charge is 2.14. The van der Waals surface area contributed by atoms with Crippen LogP contribution in [-0.2, 0) is 0 Å². The van der Waals surface area contributed by atoms with Gasteiger partial charge < -0.3 is 4.74 Å². The summed E-state index contributed by atoms with van der Waals surface area (Å²) in [6.07, 6.45) is 13.1. The van der Waals surface area contributed by atoms with E-state index in [0.717, 1.165) is 48.1 Å². The van der Waals surface area contributed by atoms with Crippen LogP contribution in [-0.4, -0.2) is 21.2 Å². The van der Waals surface area contributed by atoms with Crippen LogP contribution in [0, 0.1) is 5.92 Å². The van der Waals surface area contributed by atoms with Crippen molar-refractivity contribution in [2.75, 3.05) is 6.61 Å². The smallest absolute Gasteiger partial charge is 0.290 e. The Balaban J connectivity index is 1.51. The third-order valence-electron chi connectivity index (χ3n) is 5.01. The van der Waals surface area contributed by atoms with Crippen LogP contribution in [0.15, 0.2) is 41.2 Å². The Bertz CT molecular complexity index is 1070. The van der Waals surface area contributed by atoms with E-state index in [0.29, 0.717) is 16.7 Å². The van der Waals surface area contributed by atoms with Crippen molar-refractivity contribution >= 4 is 22.4 Å². The van der Waals surface area contributed by atoms with Crippen LogP contribution in [0.5, 0.6) is 5.75 Å². The molecule has 3 aromatic rings. The summed E-state index contributed by atoms with van der Waals surface area (Å²) in [5.74, 6) is 1.86. The van der Waals surface area contributed by atoms with E-state index in [-0.39, 0.29) is 5.56 Å². The van der Waals surface area contributed by atoms with Crippen LogP contribution in [0.25, 0.3) is 22.4 Å². The predicted molar refractivity (Wildman–Crippen MR) is 114 cm³/mol. The summed E-state index contributed by atoms with van der Waals surface area (Å²) in [6, 6.07) is 7.76. The Labute approximate surface area is 168 Å². The minimum atomic E-state index is -0.0656. The third-order valence-corrected chi connectivity index (χ3v) is 5.99. The number of rotatable bonds is 7. The van der Waals surface area contributed by atoms with Crippen LogP contribution in [0.1, 0.15) is 45.4 Å². The SMILES string of the molecule is CCCCCOc1ccc(-c2nc3sc(=CC4CC=CCC4)c(=O)n3n2)cc1. The fourth-order valence-electron chi connectivity index (χ4n) is 3.39.